The van der Waals surface area contributed by atoms with Crippen molar-refractivity contribution in [1.29, 1.82) is 0 Å². The first-order valence-electron chi connectivity index (χ1n) is 5.62. The number of nitrogens with two attached hydrogens (primary N) is 2. The standard InChI is InChI=1S/C11H16N4O4/c1-3-15-5-7(12)4-8(15)10(17)19-6(2)9(16)14-11(13)18/h4-6H,3,12H2,1-2H3,(H3,13,14,16,18). The highest BCUT2D eigenvalue weighted by atomic mass is 16.5. The minimum Gasteiger partial charge on any atom is -0.448 e. The van der Waals surface area contributed by atoms with Gasteiger partial charge in [0.25, 0.3) is 5.91 Å². The number of imide groups is 1. The van der Waals surface area contributed by atoms with E-state index >= 15 is 0 Å². The Morgan fingerprint density at radius 3 is 2.63 bits per heavy atom. The molecule has 0 bridgehead atoms. The number of aryl methyl sites for hydroxylation is 1. The summed E-state index contributed by atoms with van der Waals surface area (Å²) >= 11 is 0. The Morgan fingerprint density at radius 2 is 2.11 bits per heavy atom. The first-order valence-corrected chi connectivity index (χ1v) is 5.62. The largest absolute Gasteiger partial charge is 0.448 e. The molecule has 0 spiro atoms. The van der Waals surface area contributed by atoms with E-state index in [9.17, 15) is 14.4 Å². The fourth-order valence-corrected chi connectivity index (χ4v) is 1.46. The Labute approximate surface area is 109 Å². The molecule has 0 fully saturated rings. The summed E-state index contributed by atoms with van der Waals surface area (Å²) in [5.41, 5.74) is 11.0. The van der Waals surface area contributed by atoms with Gasteiger partial charge in [0.05, 0.1) is 5.69 Å². The number of carbonyl (C=O) groups excluding carboxylic acids is 3. The molecule has 1 aromatic rings. The summed E-state index contributed by atoms with van der Waals surface area (Å²) in [4.78, 5) is 33.7. The van der Waals surface area contributed by atoms with E-state index in [2.05, 4.69) is 0 Å². The molecule has 0 aliphatic carbocycles. The molecule has 8 nitrogen and oxygen atoms in total. The molecule has 1 rings (SSSR count). The number of aromatic nitrogens is 1. The number of nitrogen functional groups attached to an aromatic ring is 1. The fraction of sp³-hybridized carbons (Fsp3) is 0.364. The molecule has 0 aliphatic heterocycles. The average molecular weight is 268 g/mol. The van der Waals surface area contributed by atoms with Crippen molar-refractivity contribution in [2.45, 2.75) is 26.5 Å². The van der Waals surface area contributed by atoms with E-state index in [4.69, 9.17) is 16.2 Å². The highest BCUT2D eigenvalue weighted by molar-refractivity contribution is 5.97. The molecule has 1 atom stereocenters. The lowest BCUT2D eigenvalue weighted by atomic mass is 10.3. The molecule has 8 heteroatoms. The van der Waals surface area contributed by atoms with Crippen LogP contribution in [0.4, 0.5) is 10.5 Å². The van der Waals surface area contributed by atoms with Crippen molar-refractivity contribution >= 4 is 23.6 Å². The van der Waals surface area contributed by atoms with Crippen molar-refractivity contribution in [2.75, 3.05) is 5.73 Å². The minimum atomic E-state index is -1.14. The number of urea groups is 1. The van der Waals surface area contributed by atoms with Gasteiger partial charge in [-0.15, -0.1) is 0 Å². The summed E-state index contributed by atoms with van der Waals surface area (Å²) in [6.07, 6.45) is 0.450. The van der Waals surface area contributed by atoms with Crippen LogP contribution < -0.4 is 16.8 Å². The van der Waals surface area contributed by atoms with Gasteiger partial charge in [0.1, 0.15) is 5.69 Å². The highest BCUT2D eigenvalue weighted by Gasteiger charge is 2.22. The molecule has 19 heavy (non-hydrogen) atoms. The van der Waals surface area contributed by atoms with Gasteiger partial charge < -0.3 is 20.8 Å². The quantitative estimate of drug-likeness (QED) is 0.653. The van der Waals surface area contributed by atoms with Crippen LogP contribution in [-0.4, -0.2) is 28.6 Å². The van der Waals surface area contributed by atoms with Crippen LogP contribution in [0.25, 0.3) is 0 Å². The maximum absolute atomic E-state index is 11.8. The number of nitrogens with zero attached hydrogens (tertiary/aromatic N) is 1. The van der Waals surface area contributed by atoms with Crippen molar-refractivity contribution in [3.05, 3.63) is 18.0 Å². The minimum absolute atomic E-state index is 0.235. The van der Waals surface area contributed by atoms with Gasteiger partial charge >= 0.3 is 12.0 Å². The molecular formula is C11H16N4O4. The van der Waals surface area contributed by atoms with Crippen molar-refractivity contribution in [1.82, 2.24) is 9.88 Å². The van der Waals surface area contributed by atoms with E-state index in [0.717, 1.165) is 0 Å². The van der Waals surface area contributed by atoms with Gasteiger partial charge in [0.15, 0.2) is 6.10 Å². The van der Waals surface area contributed by atoms with Gasteiger partial charge in [-0.2, -0.15) is 0 Å². The van der Waals surface area contributed by atoms with Crippen molar-refractivity contribution in [2.24, 2.45) is 5.73 Å². The Kier molecular flexibility index (Phi) is 4.51. The van der Waals surface area contributed by atoms with Crippen LogP contribution in [0.2, 0.25) is 0 Å². The van der Waals surface area contributed by atoms with Gasteiger partial charge in [0.2, 0.25) is 0 Å². The molecule has 0 aliphatic rings. The van der Waals surface area contributed by atoms with Crippen LogP contribution in [0.15, 0.2) is 12.3 Å². The number of ether oxygens (including phenoxy) is 1. The number of rotatable bonds is 4. The lowest BCUT2D eigenvalue weighted by Crippen LogP contribution is -2.42. The van der Waals surface area contributed by atoms with Gasteiger partial charge in [-0.05, 0) is 19.9 Å². The predicted octanol–water partition coefficient (Wildman–Crippen LogP) is -0.170. The molecule has 1 aromatic heterocycles. The summed E-state index contributed by atoms with van der Waals surface area (Å²) in [5.74, 6) is -1.49. The summed E-state index contributed by atoms with van der Waals surface area (Å²) in [5, 5.41) is 1.82. The van der Waals surface area contributed by atoms with Crippen LogP contribution >= 0.6 is 0 Å². The number of primary amides is 1. The smallest absolute Gasteiger partial charge is 0.355 e. The van der Waals surface area contributed by atoms with Gasteiger partial charge in [-0.25, -0.2) is 9.59 Å². The molecule has 1 heterocycles. The lowest BCUT2D eigenvalue weighted by molar-refractivity contribution is -0.127. The number of nitrogens with one attached hydrogen (secondary N) is 1. The molecule has 0 saturated heterocycles. The summed E-state index contributed by atoms with van der Waals surface area (Å²) in [6, 6.07) is 0.443. The molecule has 0 aromatic carbocycles. The number of hydrogen-bond acceptors (Lipinski definition) is 5. The van der Waals surface area contributed by atoms with E-state index < -0.39 is 24.0 Å². The van der Waals surface area contributed by atoms with Crippen LogP contribution in [0.1, 0.15) is 24.3 Å². The SMILES string of the molecule is CCn1cc(N)cc1C(=O)OC(C)C(=O)NC(N)=O. The monoisotopic (exact) mass is 268 g/mol. The number of amides is 3. The summed E-state index contributed by atoms with van der Waals surface area (Å²) in [7, 11) is 0. The molecule has 5 N–H and O–H groups in total. The zero-order chi connectivity index (χ0) is 14.6. The van der Waals surface area contributed by atoms with Crippen molar-refractivity contribution < 1.29 is 19.1 Å². The van der Waals surface area contributed by atoms with E-state index in [1.165, 1.54) is 13.0 Å². The zero-order valence-electron chi connectivity index (χ0n) is 10.7. The Hall–Kier alpha value is -2.51. The second-order valence-electron chi connectivity index (χ2n) is 3.85. The van der Waals surface area contributed by atoms with Gasteiger partial charge in [-0.1, -0.05) is 0 Å². The molecule has 0 radical (unpaired) electrons. The van der Waals surface area contributed by atoms with Crippen molar-refractivity contribution in [3.8, 4) is 0 Å². The number of esters is 1. The Balaban J connectivity index is 2.73. The number of carbonyl (C=O) groups is 3. The van der Waals surface area contributed by atoms with Crippen LogP contribution in [-0.2, 0) is 16.1 Å². The second kappa shape index (κ2) is 5.89. The summed E-state index contributed by atoms with van der Waals surface area (Å²) in [6.45, 7) is 3.70. The first-order chi connectivity index (χ1) is 8.85. The molecule has 1 unspecified atom stereocenters. The van der Waals surface area contributed by atoms with Gasteiger partial charge in [0, 0.05) is 12.7 Å². The van der Waals surface area contributed by atoms with Gasteiger partial charge in [-0.3, -0.25) is 10.1 Å². The molecule has 0 saturated carbocycles. The van der Waals surface area contributed by atoms with E-state index in [1.807, 2.05) is 12.2 Å². The topological polar surface area (TPSA) is 129 Å². The predicted molar refractivity (Wildman–Crippen MR) is 67.1 cm³/mol. The fourth-order valence-electron chi connectivity index (χ4n) is 1.46. The molecular weight excluding hydrogens is 252 g/mol. The van der Waals surface area contributed by atoms with Crippen LogP contribution in [0.3, 0.4) is 0 Å². The van der Waals surface area contributed by atoms with E-state index in [0.29, 0.717) is 12.2 Å². The maximum Gasteiger partial charge on any atom is 0.355 e. The Morgan fingerprint density at radius 1 is 1.47 bits per heavy atom. The number of hydrogen-bond donors (Lipinski definition) is 3. The third-order valence-electron chi connectivity index (χ3n) is 2.37. The van der Waals surface area contributed by atoms with Crippen molar-refractivity contribution in [3.63, 3.8) is 0 Å². The maximum atomic E-state index is 11.8. The lowest BCUT2D eigenvalue weighted by Gasteiger charge is -2.12. The van der Waals surface area contributed by atoms with E-state index in [-0.39, 0.29) is 5.69 Å². The first kappa shape index (κ1) is 14.6. The molecule has 104 valence electrons. The van der Waals surface area contributed by atoms with Crippen LogP contribution in [0, 0.1) is 0 Å². The normalized spacial score (nSPS) is 11.7. The third-order valence-corrected chi connectivity index (χ3v) is 2.37. The third kappa shape index (κ3) is 3.73. The molecule has 3 amide bonds. The highest BCUT2D eigenvalue weighted by Crippen LogP contribution is 2.12. The van der Waals surface area contributed by atoms with Crippen LogP contribution in [0.5, 0.6) is 0 Å². The second-order valence-corrected chi connectivity index (χ2v) is 3.85. The number of anilines is 1. The zero-order valence-corrected chi connectivity index (χ0v) is 10.7. The Bertz CT molecular complexity index is 509. The van der Waals surface area contributed by atoms with E-state index in [1.54, 1.807) is 10.8 Å². The summed E-state index contributed by atoms with van der Waals surface area (Å²) < 4.78 is 6.51. The average Bonchev–Trinajstić information content (AvgIpc) is 2.69.